The van der Waals surface area contributed by atoms with Gasteiger partial charge in [-0.25, -0.2) is 0 Å². The summed E-state index contributed by atoms with van der Waals surface area (Å²) >= 11 is 0. The van der Waals surface area contributed by atoms with Gasteiger partial charge in [0, 0.05) is 6.42 Å². The van der Waals surface area contributed by atoms with Crippen LogP contribution in [-0.4, -0.2) is 22.3 Å². The first-order valence-corrected chi connectivity index (χ1v) is 9.51. The quantitative estimate of drug-likeness (QED) is 0.258. The maximum Gasteiger partial charge on any atom is 0.303 e. The standard InChI is InChI=1S/C21H34O3/c1-2-3-7-14-20(22)15-10-6-9-13-19-17-18(19)12-8-4-5-11-16-21(23)24/h4,6,8-10,15,18-20,22H,2-3,5,7,11-14,16-17H2,1H3,(H,23,24)/b8-4-,9-6-,15-10+/t18-,19-,20-/m1/s1. The zero-order valence-corrected chi connectivity index (χ0v) is 15.1. The van der Waals surface area contributed by atoms with Crippen molar-refractivity contribution in [1.29, 1.82) is 0 Å². The highest BCUT2D eigenvalue weighted by Crippen LogP contribution is 2.44. The highest BCUT2D eigenvalue weighted by molar-refractivity contribution is 5.66. The van der Waals surface area contributed by atoms with Gasteiger partial charge in [0.15, 0.2) is 0 Å². The molecule has 0 aliphatic heterocycles. The molecule has 1 aliphatic carbocycles. The van der Waals surface area contributed by atoms with Crippen LogP contribution in [0.3, 0.4) is 0 Å². The van der Waals surface area contributed by atoms with E-state index in [2.05, 4.69) is 31.2 Å². The lowest BCUT2D eigenvalue weighted by molar-refractivity contribution is -0.137. The van der Waals surface area contributed by atoms with Crippen molar-refractivity contribution in [2.24, 2.45) is 11.8 Å². The van der Waals surface area contributed by atoms with Gasteiger partial charge in [-0.15, -0.1) is 0 Å². The van der Waals surface area contributed by atoms with Crippen LogP contribution in [0.15, 0.2) is 36.5 Å². The van der Waals surface area contributed by atoms with E-state index in [-0.39, 0.29) is 12.5 Å². The average molecular weight is 335 g/mol. The van der Waals surface area contributed by atoms with Crippen molar-refractivity contribution in [1.82, 2.24) is 0 Å². The molecule has 0 heterocycles. The third kappa shape index (κ3) is 11.2. The van der Waals surface area contributed by atoms with Crippen LogP contribution < -0.4 is 0 Å². The summed E-state index contributed by atoms with van der Waals surface area (Å²) in [4.78, 5) is 10.4. The first kappa shape index (κ1) is 20.7. The summed E-state index contributed by atoms with van der Waals surface area (Å²) in [6, 6.07) is 0. The molecule has 1 rings (SSSR count). The number of allylic oxidation sites excluding steroid dienone is 5. The highest BCUT2D eigenvalue weighted by Gasteiger charge is 2.34. The summed E-state index contributed by atoms with van der Waals surface area (Å²) in [5.41, 5.74) is 0. The van der Waals surface area contributed by atoms with Crippen LogP contribution in [0, 0.1) is 11.8 Å². The molecule has 3 nitrogen and oxygen atoms in total. The number of hydrogen-bond acceptors (Lipinski definition) is 2. The number of carboxylic acid groups (broad SMARTS) is 1. The summed E-state index contributed by atoms with van der Waals surface area (Å²) in [5, 5.41) is 18.3. The van der Waals surface area contributed by atoms with Crippen molar-refractivity contribution in [3.63, 3.8) is 0 Å². The minimum absolute atomic E-state index is 0.266. The summed E-state index contributed by atoms with van der Waals surface area (Å²) in [7, 11) is 0. The van der Waals surface area contributed by atoms with Crippen molar-refractivity contribution < 1.29 is 15.0 Å². The van der Waals surface area contributed by atoms with Crippen LogP contribution in [0.1, 0.15) is 71.1 Å². The van der Waals surface area contributed by atoms with E-state index in [1.165, 1.54) is 19.3 Å². The first-order chi connectivity index (χ1) is 11.6. The molecule has 0 radical (unpaired) electrons. The Morgan fingerprint density at radius 3 is 2.54 bits per heavy atom. The lowest BCUT2D eigenvalue weighted by atomic mass is 10.1. The molecule has 1 fully saturated rings. The molecular formula is C21H34O3. The highest BCUT2D eigenvalue weighted by atomic mass is 16.4. The lowest BCUT2D eigenvalue weighted by Crippen LogP contribution is -2.00. The molecule has 0 bridgehead atoms. The van der Waals surface area contributed by atoms with Crippen LogP contribution >= 0.6 is 0 Å². The van der Waals surface area contributed by atoms with Crippen molar-refractivity contribution in [3.8, 4) is 0 Å². The Kier molecular flexibility index (Phi) is 11.2. The summed E-state index contributed by atoms with van der Waals surface area (Å²) in [6.45, 7) is 2.17. The second-order valence-electron chi connectivity index (χ2n) is 6.86. The van der Waals surface area contributed by atoms with E-state index in [0.717, 1.165) is 50.4 Å². The largest absolute Gasteiger partial charge is 0.481 e. The molecule has 2 N–H and O–H groups in total. The molecule has 3 heteroatoms. The van der Waals surface area contributed by atoms with Gasteiger partial charge in [-0.05, 0) is 50.4 Å². The molecule has 0 aromatic heterocycles. The van der Waals surface area contributed by atoms with E-state index in [0.29, 0.717) is 0 Å². The monoisotopic (exact) mass is 334 g/mol. The molecule has 0 saturated heterocycles. The molecule has 0 aromatic rings. The van der Waals surface area contributed by atoms with Gasteiger partial charge >= 0.3 is 5.97 Å². The molecule has 1 aliphatic rings. The van der Waals surface area contributed by atoms with Crippen LogP contribution in [-0.2, 0) is 4.79 Å². The van der Waals surface area contributed by atoms with Crippen molar-refractivity contribution >= 4 is 5.97 Å². The minimum atomic E-state index is -0.708. The van der Waals surface area contributed by atoms with Gasteiger partial charge < -0.3 is 10.2 Å². The van der Waals surface area contributed by atoms with Gasteiger partial charge in [0.2, 0.25) is 0 Å². The molecular weight excluding hydrogens is 300 g/mol. The van der Waals surface area contributed by atoms with Crippen LogP contribution in [0.4, 0.5) is 0 Å². The van der Waals surface area contributed by atoms with E-state index >= 15 is 0 Å². The normalized spacial score (nSPS) is 21.9. The zero-order chi connectivity index (χ0) is 17.6. The van der Waals surface area contributed by atoms with Crippen molar-refractivity contribution in [3.05, 3.63) is 36.5 Å². The first-order valence-electron chi connectivity index (χ1n) is 9.51. The Balaban J connectivity index is 2.01. The summed E-state index contributed by atoms with van der Waals surface area (Å²) in [6.07, 6.45) is 21.9. The predicted octanol–water partition coefficient (Wildman–Crippen LogP) is 5.27. The molecule has 1 saturated carbocycles. The SMILES string of the molecule is CCCCC[C@@H](O)/C=C/C=C\C[C@@H]1C[C@H]1C/C=C\CCCC(=O)O. The Morgan fingerprint density at radius 1 is 1.08 bits per heavy atom. The maximum atomic E-state index is 10.4. The van der Waals surface area contributed by atoms with Crippen molar-refractivity contribution in [2.45, 2.75) is 77.2 Å². The van der Waals surface area contributed by atoms with E-state index in [1.807, 2.05) is 12.2 Å². The molecule has 136 valence electrons. The van der Waals surface area contributed by atoms with E-state index < -0.39 is 5.97 Å². The maximum absolute atomic E-state index is 10.4. The van der Waals surface area contributed by atoms with Gasteiger partial charge in [0.25, 0.3) is 0 Å². The number of carboxylic acids is 1. The Bertz CT molecular complexity index is 423. The molecule has 3 atom stereocenters. The minimum Gasteiger partial charge on any atom is -0.481 e. The van der Waals surface area contributed by atoms with Crippen LogP contribution in [0.2, 0.25) is 0 Å². The van der Waals surface area contributed by atoms with Gasteiger partial charge in [-0.3, -0.25) is 4.79 Å². The lowest BCUT2D eigenvalue weighted by Gasteiger charge is -2.03. The smallest absolute Gasteiger partial charge is 0.303 e. The number of carbonyl (C=O) groups is 1. The Labute approximate surface area is 147 Å². The molecule has 0 unspecified atom stereocenters. The van der Waals surface area contributed by atoms with Crippen molar-refractivity contribution in [2.75, 3.05) is 0 Å². The van der Waals surface area contributed by atoms with E-state index in [4.69, 9.17) is 5.11 Å². The zero-order valence-electron chi connectivity index (χ0n) is 15.1. The fourth-order valence-electron chi connectivity index (χ4n) is 2.87. The van der Waals surface area contributed by atoms with E-state index in [9.17, 15) is 9.90 Å². The number of hydrogen-bond donors (Lipinski definition) is 2. The number of aliphatic carboxylic acids is 1. The van der Waals surface area contributed by atoms with Gasteiger partial charge in [0.05, 0.1) is 6.10 Å². The third-order valence-electron chi connectivity index (χ3n) is 4.56. The summed E-state index contributed by atoms with van der Waals surface area (Å²) in [5.74, 6) is 0.891. The third-order valence-corrected chi connectivity index (χ3v) is 4.56. The second kappa shape index (κ2) is 13.0. The number of unbranched alkanes of at least 4 members (excludes halogenated alkanes) is 3. The van der Waals surface area contributed by atoms with Gasteiger partial charge in [-0.1, -0.05) is 62.6 Å². The van der Waals surface area contributed by atoms with Crippen LogP contribution in [0.25, 0.3) is 0 Å². The fraction of sp³-hybridized carbons (Fsp3) is 0.667. The number of aliphatic hydroxyl groups is 1. The predicted molar refractivity (Wildman–Crippen MR) is 99.9 cm³/mol. The topological polar surface area (TPSA) is 57.5 Å². The Morgan fingerprint density at radius 2 is 1.83 bits per heavy atom. The molecule has 0 aromatic carbocycles. The van der Waals surface area contributed by atoms with Gasteiger partial charge in [-0.2, -0.15) is 0 Å². The number of aliphatic hydroxyl groups excluding tert-OH is 1. The molecule has 0 amide bonds. The summed E-state index contributed by atoms with van der Waals surface area (Å²) < 4.78 is 0. The van der Waals surface area contributed by atoms with Crippen LogP contribution in [0.5, 0.6) is 0 Å². The van der Waals surface area contributed by atoms with Gasteiger partial charge in [0.1, 0.15) is 0 Å². The molecule has 24 heavy (non-hydrogen) atoms. The van der Waals surface area contributed by atoms with E-state index in [1.54, 1.807) is 0 Å². The number of rotatable bonds is 14. The Hall–Kier alpha value is -1.35. The fourth-order valence-corrected chi connectivity index (χ4v) is 2.87. The second-order valence-corrected chi connectivity index (χ2v) is 6.86. The average Bonchev–Trinajstić information content (AvgIpc) is 3.29. The molecule has 0 spiro atoms.